The highest BCUT2D eigenvalue weighted by Gasteiger charge is 2.42. The fourth-order valence-corrected chi connectivity index (χ4v) is 4.84. The molecule has 0 spiro atoms. The molecule has 1 amide bonds. The Kier molecular flexibility index (Phi) is 5.43. The molecule has 0 N–H and O–H groups in total. The van der Waals surface area contributed by atoms with Crippen LogP contribution in [0, 0.1) is 20.8 Å². The summed E-state index contributed by atoms with van der Waals surface area (Å²) < 4.78 is 6.16. The fraction of sp³-hybridized carbons (Fsp3) is 0.290. The van der Waals surface area contributed by atoms with Crippen LogP contribution in [0.5, 0.6) is 0 Å². The van der Waals surface area contributed by atoms with Gasteiger partial charge in [-0.2, -0.15) is 0 Å². The molecule has 0 radical (unpaired) electrons. The Morgan fingerprint density at radius 1 is 0.857 bits per heavy atom. The van der Waals surface area contributed by atoms with Gasteiger partial charge in [-0.3, -0.25) is 9.59 Å². The van der Waals surface area contributed by atoms with Crippen molar-refractivity contribution in [2.75, 3.05) is 0 Å². The van der Waals surface area contributed by atoms with E-state index in [1.54, 1.807) is 4.90 Å². The van der Waals surface area contributed by atoms with E-state index >= 15 is 0 Å². The van der Waals surface area contributed by atoms with Crippen LogP contribution in [0.4, 0.5) is 0 Å². The van der Waals surface area contributed by atoms with Crippen molar-refractivity contribution in [3.63, 3.8) is 0 Å². The van der Waals surface area contributed by atoms with Crippen molar-refractivity contribution < 1.29 is 9.21 Å². The molecule has 0 saturated heterocycles. The summed E-state index contributed by atoms with van der Waals surface area (Å²) in [5.41, 5.74) is 7.10. The number of amides is 1. The van der Waals surface area contributed by atoms with E-state index in [9.17, 15) is 9.59 Å². The van der Waals surface area contributed by atoms with Gasteiger partial charge >= 0.3 is 0 Å². The van der Waals surface area contributed by atoms with Crippen LogP contribution in [0.1, 0.15) is 76.3 Å². The quantitative estimate of drug-likeness (QED) is 0.336. The van der Waals surface area contributed by atoms with E-state index in [0.29, 0.717) is 23.1 Å². The van der Waals surface area contributed by atoms with Crippen LogP contribution in [-0.2, 0) is 12.0 Å². The first-order chi connectivity index (χ1) is 16.5. The molecule has 178 valence electrons. The number of carbonyl (C=O) groups is 1. The first-order valence-electron chi connectivity index (χ1n) is 12.1. The number of rotatable bonds is 3. The van der Waals surface area contributed by atoms with Crippen LogP contribution >= 0.6 is 0 Å². The van der Waals surface area contributed by atoms with Gasteiger partial charge < -0.3 is 9.32 Å². The molecule has 0 saturated carbocycles. The monoisotopic (exact) mass is 465 g/mol. The van der Waals surface area contributed by atoms with E-state index in [-0.39, 0.29) is 22.5 Å². The number of hydrogen-bond acceptors (Lipinski definition) is 3. The van der Waals surface area contributed by atoms with Gasteiger partial charge in [0.25, 0.3) is 5.91 Å². The van der Waals surface area contributed by atoms with Gasteiger partial charge in [-0.15, -0.1) is 0 Å². The lowest BCUT2D eigenvalue weighted by atomic mass is 9.86. The van der Waals surface area contributed by atoms with E-state index in [4.69, 9.17) is 4.42 Å². The van der Waals surface area contributed by atoms with Crippen molar-refractivity contribution in [2.24, 2.45) is 0 Å². The number of fused-ring (bicyclic) bond motifs is 2. The van der Waals surface area contributed by atoms with Crippen molar-refractivity contribution in [2.45, 2.75) is 59.5 Å². The predicted molar refractivity (Wildman–Crippen MR) is 140 cm³/mol. The van der Waals surface area contributed by atoms with Gasteiger partial charge in [0.2, 0.25) is 5.76 Å². The Morgan fingerprint density at radius 2 is 1.49 bits per heavy atom. The van der Waals surface area contributed by atoms with Gasteiger partial charge in [-0.25, -0.2) is 0 Å². The Morgan fingerprint density at radius 3 is 2.11 bits per heavy atom. The molecule has 5 rings (SSSR count). The van der Waals surface area contributed by atoms with Crippen molar-refractivity contribution >= 4 is 16.9 Å². The molecule has 4 nitrogen and oxygen atoms in total. The summed E-state index contributed by atoms with van der Waals surface area (Å²) in [5.74, 6) is -0.0922. The largest absolute Gasteiger partial charge is 0.450 e. The summed E-state index contributed by atoms with van der Waals surface area (Å²) in [5, 5.41) is 0.521. The SMILES string of the molecule is Cc1ccc(CN2C(=O)c3oc4cc(C)c(C)cc4c(=O)c3C2c2ccc(C(C)(C)C)cc2)cc1. The van der Waals surface area contributed by atoms with Crippen LogP contribution in [0.2, 0.25) is 0 Å². The Bertz CT molecular complexity index is 1500. The topological polar surface area (TPSA) is 50.5 Å². The smallest absolute Gasteiger partial charge is 0.291 e. The summed E-state index contributed by atoms with van der Waals surface area (Å²) in [6.45, 7) is 12.9. The van der Waals surface area contributed by atoms with E-state index in [2.05, 4.69) is 32.9 Å². The van der Waals surface area contributed by atoms with Crippen LogP contribution in [0.3, 0.4) is 0 Å². The molecular weight excluding hydrogens is 434 g/mol. The third-order valence-corrected chi connectivity index (χ3v) is 7.15. The van der Waals surface area contributed by atoms with Crippen LogP contribution in [0.25, 0.3) is 11.0 Å². The molecule has 4 aromatic rings. The maximum atomic E-state index is 13.8. The van der Waals surface area contributed by atoms with Crippen LogP contribution in [-0.4, -0.2) is 10.8 Å². The summed E-state index contributed by atoms with van der Waals surface area (Å²) in [7, 11) is 0. The van der Waals surface area contributed by atoms with E-state index < -0.39 is 6.04 Å². The zero-order chi connectivity index (χ0) is 25.1. The second-order valence-electron chi connectivity index (χ2n) is 10.8. The second kappa shape index (κ2) is 8.23. The highest BCUT2D eigenvalue weighted by atomic mass is 16.3. The molecule has 4 heteroatoms. The molecule has 35 heavy (non-hydrogen) atoms. The minimum Gasteiger partial charge on any atom is -0.450 e. The minimum absolute atomic E-state index is 0.00807. The van der Waals surface area contributed by atoms with Crippen LogP contribution in [0.15, 0.2) is 69.9 Å². The molecule has 1 atom stereocenters. The summed E-state index contributed by atoms with van der Waals surface area (Å²) in [4.78, 5) is 29.3. The molecule has 1 aromatic heterocycles. The normalized spacial score (nSPS) is 15.7. The maximum absolute atomic E-state index is 13.8. The van der Waals surface area contributed by atoms with Gasteiger partial charge in [0.05, 0.1) is 17.0 Å². The van der Waals surface area contributed by atoms with Gasteiger partial charge in [-0.05, 0) is 66.1 Å². The highest BCUT2D eigenvalue weighted by molar-refractivity contribution is 5.99. The first-order valence-corrected chi connectivity index (χ1v) is 12.1. The summed E-state index contributed by atoms with van der Waals surface area (Å²) in [6.07, 6.45) is 0. The Balaban J connectivity index is 1.71. The third kappa shape index (κ3) is 3.97. The zero-order valence-corrected chi connectivity index (χ0v) is 21.2. The molecule has 0 fully saturated rings. The van der Waals surface area contributed by atoms with E-state index in [1.165, 1.54) is 5.56 Å². The van der Waals surface area contributed by atoms with Crippen molar-refractivity contribution in [1.82, 2.24) is 4.90 Å². The number of carbonyl (C=O) groups excluding carboxylic acids is 1. The summed E-state index contributed by atoms with van der Waals surface area (Å²) in [6, 6.07) is 19.6. The number of nitrogens with zero attached hydrogens (tertiary/aromatic N) is 1. The number of aryl methyl sites for hydroxylation is 3. The predicted octanol–water partition coefficient (Wildman–Crippen LogP) is 6.76. The molecule has 3 aromatic carbocycles. The summed E-state index contributed by atoms with van der Waals surface area (Å²) >= 11 is 0. The number of hydrogen-bond donors (Lipinski definition) is 0. The second-order valence-corrected chi connectivity index (χ2v) is 10.8. The minimum atomic E-state index is -0.505. The average molecular weight is 466 g/mol. The Hall–Kier alpha value is -3.66. The lowest BCUT2D eigenvalue weighted by molar-refractivity contribution is 0.0714. The van der Waals surface area contributed by atoms with Crippen molar-refractivity contribution in [1.29, 1.82) is 0 Å². The zero-order valence-electron chi connectivity index (χ0n) is 21.2. The molecule has 1 aliphatic rings. The molecule has 1 unspecified atom stereocenters. The Labute approximate surface area is 206 Å². The van der Waals surface area contributed by atoms with E-state index in [1.807, 2.05) is 69.3 Å². The average Bonchev–Trinajstić information content (AvgIpc) is 3.08. The van der Waals surface area contributed by atoms with Crippen molar-refractivity contribution in [3.8, 4) is 0 Å². The lowest BCUT2D eigenvalue weighted by Crippen LogP contribution is -2.29. The molecule has 1 aliphatic heterocycles. The molecule has 0 bridgehead atoms. The first kappa shape index (κ1) is 23.1. The van der Waals surface area contributed by atoms with E-state index in [0.717, 1.165) is 27.8 Å². The maximum Gasteiger partial charge on any atom is 0.291 e. The van der Waals surface area contributed by atoms with Crippen LogP contribution < -0.4 is 5.43 Å². The fourth-order valence-electron chi connectivity index (χ4n) is 4.84. The molecular formula is C31H31NO3. The molecule has 0 aliphatic carbocycles. The van der Waals surface area contributed by atoms with Gasteiger partial charge in [-0.1, -0.05) is 74.9 Å². The lowest BCUT2D eigenvalue weighted by Gasteiger charge is -2.26. The third-order valence-electron chi connectivity index (χ3n) is 7.15. The van der Waals surface area contributed by atoms with Gasteiger partial charge in [0, 0.05) is 6.54 Å². The van der Waals surface area contributed by atoms with Gasteiger partial charge in [0.15, 0.2) is 5.43 Å². The van der Waals surface area contributed by atoms with Gasteiger partial charge in [0.1, 0.15) is 5.58 Å². The molecule has 2 heterocycles. The van der Waals surface area contributed by atoms with Crippen molar-refractivity contribution in [3.05, 3.63) is 116 Å². The highest BCUT2D eigenvalue weighted by Crippen LogP contribution is 2.40. The standard InChI is InChI=1S/C31H31NO3/c1-18-7-9-21(10-8-18)17-32-27(22-11-13-23(14-12-22)31(4,5)6)26-28(33)24-15-19(2)20(3)16-25(24)35-29(26)30(32)34/h7-16,27H,17H2,1-6H3. The number of benzene rings is 3.